The van der Waals surface area contributed by atoms with E-state index in [-0.39, 0.29) is 10.0 Å². The van der Waals surface area contributed by atoms with Gasteiger partial charge in [0.1, 0.15) is 0 Å². The van der Waals surface area contributed by atoms with Crippen molar-refractivity contribution >= 4 is 21.7 Å². The van der Waals surface area contributed by atoms with E-state index in [1.807, 2.05) is 0 Å². The highest BCUT2D eigenvalue weighted by Crippen LogP contribution is 2.34. The molecule has 84 valence electrons. The summed E-state index contributed by atoms with van der Waals surface area (Å²) in [5, 5.41) is 8.58. The van der Waals surface area contributed by atoms with Crippen LogP contribution in [0.15, 0.2) is 16.6 Å². The Bertz CT molecular complexity index is 488. The van der Waals surface area contributed by atoms with Gasteiger partial charge in [0.2, 0.25) is 0 Å². The van der Waals surface area contributed by atoms with Crippen LogP contribution < -0.4 is 0 Å². The Morgan fingerprint density at radius 1 is 1.44 bits per heavy atom. The van der Waals surface area contributed by atoms with Crippen molar-refractivity contribution in [3.63, 3.8) is 0 Å². The fourth-order valence-electron chi connectivity index (χ4n) is 1.17. The van der Waals surface area contributed by atoms with Crippen LogP contribution in [0, 0.1) is 11.3 Å². The number of hydrogen-bond donors (Lipinski definition) is 0. The highest BCUT2D eigenvalue weighted by molar-refractivity contribution is 9.10. The third kappa shape index (κ3) is 2.42. The first-order valence-corrected chi connectivity index (χ1v) is 4.88. The molecule has 6 heteroatoms. The Labute approximate surface area is 97.8 Å². The van der Waals surface area contributed by atoms with Crippen molar-refractivity contribution in [3.05, 3.63) is 33.3 Å². The SMILES string of the molecule is CC(=O)c1cc(C(F)(F)F)c(C#N)cc1Br. The van der Waals surface area contributed by atoms with Gasteiger partial charge in [-0.3, -0.25) is 4.79 Å². The molecule has 0 aliphatic heterocycles. The van der Waals surface area contributed by atoms with E-state index in [1.165, 1.54) is 6.07 Å². The summed E-state index contributed by atoms with van der Waals surface area (Å²) in [6.07, 6.45) is -4.64. The second-order valence-corrected chi connectivity index (χ2v) is 3.90. The van der Waals surface area contributed by atoms with Crippen molar-refractivity contribution in [2.45, 2.75) is 13.1 Å². The third-order valence-electron chi connectivity index (χ3n) is 1.91. The zero-order valence-corrected chi connectivity index (χ0v) is 9.61. The molecule has 0 amide bonds. The fraction of sp³-hybridized carbons (Fsp3) is 0.200. The quantitative estimate of drug-likeness (QED) is 0.743. The molecule has 1 rings (SSSR count). The zero-order valence-electron chi connectivity index (χ0n) is 8.02. The van der Waals surface area contributed by atoms with Crippen molar-refractivity contribution in [1.29, 1.82) is 5.26 Å². The lowest BCUT2D eigenvalue weighted by atomic mass is 10.0. The molecule has 2 nitrogen and oxygen atoms in total. The molecular weight excluding hydrogens is 287 g/mol. The van der Waals surface area contributed by atoms with Crippen LogP contribution in [0.25, 0.3) is 0 Å². The molecular formula is C10H5BrF3NO. The summed E-state index contributed by atoms with van der Waals surface area (Å²) < 4.78 is 37.8. The Kier molecular flexibility index (Phi) is 3.38. The second-order valence-electron chi connectivity index (χ2n) is 3.04. The maximum absolute atomic E-state index is 12.5. The molecule has 0 aliphatic rings. The molecule has 0 saturated heterocycles. The van der Waals surface area contributed by atoms with Gasteiger partial charge in [0.25, 0.3) is 0 Å². The van der Waals surface area contributed by atoms with Gasteiger partial charge >= 0.3 is 6.18 Å². The van der Waals surface area contributed by atoms with Crippen molar-refractivity contribution < 1.29 is 18.0 Å². The Morgan fingerprint density at radius 3 is 2.38 bits per heavy atom. The monoisotopic (exact) mass is 291 g/mol. The van der Waals surface area contributed by atoms with Gasteiger partial charge in [-0.25, -0.2) is 0 Å². The van der Waals surface area contributed by atoms with Crippen LogP contribution in [0.3, 0.4) is 0 Å². The average Bonchev–Trinajstić information content (AvgIpc) is 2.14. The van der Waals surface area contributed by atoms with E-state index in [9.17, 15) is 18.0 Å². The van der Waals surface area contributed by atoms with E-state index >= 15 is 0 Å². The van der Waals surface area contributed by atoms with Gasteiger partial charge in [-0.1, -0.05) is 15.9 Å². The number of nitrogens with zero attached hydrogens (tertiary/aromatic N) is 1. The molecule has 0 atom stereocenters. The molecule has 0 fully saturated rings. The van der Waals surface area contributed by atoms with Crippen LogP contribution in [-0.4, -0.2) is 5.78 Å². The smallest absolute Gasteiger partial charge is 0.294 e. The summed E-state index contributed by atoms with van der Waals surface area (Å²) >= 11 is 2.95. The minimum atomic E-state index is -4.64. The molecule has 0 heterocycles. The molecule has 0 unspecified atom stereocenters. The first-order valence-electron chi connectivity index (χ1n) is 4.09. The molecule has 1 aromatic rings. The van der Waals surface area contributed by atoms with Gasteiger partial charge < -0.3 is 0 Å². The summed E-state index contributed by atoms with van der Waals surface area (Å²) in [7, 11) is 0. The Balaban J connectivity index is 3.55. The lowest BCUT2D eigenvalue weighted by molar-refractivity contribution is -0.137. The number of carbonyl (C=O) groups is 1. The van der Waals surface area contributed by atoms with E-state index in [2.05, 4.69) is 15.9 Å². The largest absolute Gasteiger partial charge is 0.417 e. The second kappa shape index (κ2) is 4.26. The maximum atomic E-state index is 12.5. The van der Waals surface area contributed by atoms with E-state index in [0.717, 1.165) is 13.0 Å². The third-order valence-corrected chi connectivity index (χ3v) is 2.57. The Morgan fingerprint density at radius 2 is 2.00 bits per heavy atom. The number of alkyl halides is 3. The highest BCUT2D eigenvalue weighted by Gasteiger charge is 2.34. The molecule has 0 radical (unpaired) electrons. The number of rotatable bonds is 1. The van der Waals surface area contributed by atoms with Gasteiger partial charge in [-0.2, -0.15) is 18.4 Å². The topological polar surface area (TPSA) is 40.9 Å². The number of nitriles is 1. The number of Topliss-reactive ketones (excluding diaryl/α,β-unsaturated/α-hetero) is 1. The van der Waals surface area contributed by atoms with Crippen LogP contribution >= 0.6 is 15.9 Å². The van der Waals surface area contributed by atoms with Crippen molar-refractivity contribution in [2.75, 3.05) is 0 Å². The molecule has 1 aromatic carbocycles. The number of carbonyl (C=O) groups excluding carboxylic acids is 1. The Hall–Kier alpha value is -1.35. The summed E-state index contributed by atoms with van der Waals surface area (Å²) in [5.74, 6) is -0.498. The van der Waals surface area contributed by atoms with E-state index in [0.29, 0.717) is 6.07 Å². The molecule has 0 aromatic heterocycles. The van der Waals surface area contributed by atoms with Crippen molar-refractivity contribution in [1.82, 2.24) is 0 Å². The molecule has 0 N–H and O–H groups in total. The van der Waals surface area contributed by atoms with Gasteiger partial charge in [0, 0.05) is 10.0 Å². The van der Waals surface area contributed by atoms with Crippen LogP contribution in [0.1, 0.15) is 28.4 Å². The van der Waals surface area contributed by atoms with Crippen LogP contribution in [0.4, 0.5) is 13.2 Å². The highest BCUT2D eigenvalue weighted by atomic mass is 79.9. The average molecular weight is 292 g/mol. The first-order chi connectivity index (χ1) is 7.27. The standard InChI is InChI=1S/C10H5BrF3NO/c1-5(16)7-3-8(10(12,13)14)6(4-15)2-9(7)11/h2-3H,1H3. The molecule has 0 bridgehead atoms. The predicted molar refractivity (Wildman–Crippen MR) is 53.9 cm³/mol. The number of halogens is 4. The van der Waals surface area contributed by atoms with E-state index in [1.54, 1.807) is 0 Å². The lowest BCUT2D eigenvalue weighted by Gasteiger charge is -2.11. The van der Waals surface area contributed by atoms with Gasteiger partial charge in [0.15, 0.2) is 5.78 Å². The van der Waals surface area contributed by atoms with Crippen LogP contribution in [-0.2, 0) is 6.18 Å². The number of benzene rings is 1. The fourth-order valence-corrected chi connectivity index (χ4v) is 1.79. The van der Waals surface area contributed by atoms with Crippen molar-refractivity contribution in [3.8, 4) is 6.07 Å². The molecule has 0 saturated carbocycles. The molecule has 16 heavy (non-hydrogen) atoms. The zero-order chi connectivity index (χ0) is 12.5. The van der Waals surface area contributed by atoms with Gasteiger partial charge in [-0.15, -0.1) is 0 Å². The van der Waals surface area contributed by atoms with Crippen LogP contribution in [0.2, 0.25) is 0 Å². The normalized spacial score (nSPS) is 11.0. The summed E-state index contributed by atoms with van der Waals surface area (Å²) in [6, 6.07) is 3.13. The van der Waals surface area contributed by atoms with Gasteiger partial charge in [0.05, 0.1) is 17.2 Å². The molecule has 0 spiro atoms. The minimum Gasteiger partial charge on any atom is -0.294 e. The van der Waals surface area contributed by atoms with Gasteiger partial charge in [-0.05, 0) is 19.1 Å². The van der Waals surface area contributed by atoms with E-state index in [4.69, 9.17) is 5.26 Å². The summed E-state index contributed by atoms with van der Waals surface area (Å²) in [4.78, 5) is 11.1. The summed E-state index contributed by atoms with van der Waals surface area (Å²) in [6.45, 7) is 1.16. The number of hydrogen-bond acceptors (Lipinski definition) is 2. The molecule has 0 aliphatic carbocycles. The summed E-state index contributed by atoms with van der Waals surface area (Å²) in [5.41, 5.74) is -1.70. The van der Waals surface area contributed by atoms with Crippen LogP contribution in [0.5, 0.6) is 0 Å². The van der Waals surface area contributed by atoms with E-state index < -0.39 is 23.1 Å². The predicted octanol–water partition coefficient (Wildman–Crippen LogP) is 3.54. The maximum Gasteiger partial charge on any atom is 0.417 e. The number of ketones is 1. The first kappa shape index (κ1) is 12.7. The van der Waals surface area contributed by atoms with Crippen molar-refractivity contribution in [2.24, 2.45) is 0 Å². The minimum absolute atomic E-state index is 0.0914. The lowest BCUT2D eigenvalue weighted by Crippen LogP contribution is -2.10.